The van der Waals surface area contributed by atoms with Gasteiger partial charge in [-0.1, -0.05) is 30.7 Å². The molecule has 0 bridgehead atoms. The van der Waals surface area contributed by atoms with Crippen molar-refractivity contribution in [3.8, 4) is 0 Å². The number of nitrogens with zero attached hydrogens (tertiary/aromatic N) is 3. The Morgan fingerprint density at radius 2 is 1.91 bits per heavy atom. The van der Waals surface area contributed by atoms with Gasteiger partial charge < -0.3 is 11.1 Å². The van der Waals surface area contributed by atoms with E-state index in [9.17, 15) is 0 Å². The molecular formula is C17H25N5. The molecule has 3 N–H and O–H groups in total. The summed E-state index contributed by atoms with van der Waals surface area (Å²) in [4.78, 5) is 12.4. The van der Waals surface area contributed by atoms with Crippen molar-refractivity contribution in [3.05, 3.63) is 40.7 Å². The number of hydrogen-bond acceptors (Lipinski definition) is 5. The molecule has 22 heavy (non-hydrogen) atoms. The van der Waals surface area contributed by atoms with Crippen LogP contribution >= 0.6 is 0 Å². The zero-order valence-electron chi connectivity index (χ0n) is 13.8. The van der Waals surface area contributed by atoms with Crippen LogP contribution in [0.1, 0.15) is 42.3 Å². The molecule has 0 amide bonds. The van der Waals surface area contributed by atoms with E-state index in [-0.39, 0.29) is 5.95 Å². The maximum absolute atomic E-state index is 5.68. The first kappa shape index (κ1) is 16.2. The third-order valence-electron chi connectivity index (χ3n) is 3.86. The average molecular weight is 299 g/mol. The number of nitrogens with two attached hydrogens (primary N) is 1. The lowest BCUT2D eigenvalue weighted by Gasteiger charge is -2.18. The number of hydrogen-bond donors (Lipinski definition) is 2. The molecule has 1 atom stereocenters. The van der Waals surface area contributed by atoms with Crippen LogP contribution in [0.5, 0.6) is 0 Å². The van der Waals surface area contributed by atoms with Gasteiger partial charge in [-0.2, -0.15) is 15.0 Å². The number of rotatable bonds is 6. The summed E-state index contributed by atoms with van der Waals surface area (Å²) in [6.45, 7) is 8.28. The molecule has 0 aliphatic heterocycles. The molecule has 5 nitrogen and oxygen atoms in total. The summed E-state index contributed by atoms with van der Waals surface area (Å²) in [6, 6.07) is 6.94. The van der Waals surface area contributed by atoms with E-state index in [0.29, 0.717) is 17.8 Å². The SMILES string of the molecule is CCC(CCc1cc(C)ccc1C)Nc1nc(C)nc(N)n1. The van der Waals surface area contributed by atoms with Crippen LogP contribution in [0.4, 0.5) is 11.9 Å². The highest BCUT2D eigenvalue weighted by atomic mass is 15.2. The minimum absolute atomic E-state index is 0.263. The van der Waals surface area contributed by atoms with Gasteiger partial charge in [0.05, 0.1) is 0 Å². The summed E-state index contributed by atoms with van der Waals surface area (Å²) >= 11 is 0. The predicted molar refractivity (Wildman–Crippen MR) is 90.9 cm³/mol. The molecular weight excluding hydrogens is 274 g/mol. The van der Waals surface area contributed by atoms with Gasteiger partial charge in [-0.25, -0.2) is 0 Å². The lowest BCUT2D eigenvalue weighted by molar-refractivity contribution is 0.626. The molecule has 1 aromatic heterocycles. The van der Waals surface area contributed by atoms with Crippen molar-refractivity contribution in [3.63, 3.8) is 0 Å². The maximum Gasteiger partial charge on any atom is 0.227 e. The number of benzene rings is 1. The van der Waals surface area contributed by atoms with Crippen molar-refractivity contribution < 1.29 is 0 Å². The highest BCUT2D eigenvalue weighted by Gasteiger charge is 2.10. The summed E-state index contributed by atoms with van der Waals surface area (Å²) in [6.07, 6.45) is 3.08. The van der Waals surface area contributed by atoms with E-state index in [1.807, 2.05) is 6.92 Å². The van der Waals surface area contributed by atoms with Crippen molar-refractivity contribution in [2.24, 2.45) is 0 Å². The standard InChI is InChI=1S/C17H25N5/c1-5-15(21-17-20-13(4)19-16(18)22-17)9-8-14-10-11(2)6-7-12(14)3/h6-7,10,15H,5,8-9H2,1-4H3,(H3,18,19,20,21,22). The van der Waals surface area contributed by atoms with Crippen LogP contribution < -0.4 is 11.1 Å². The fraction of sp³-hybridized carbons (Fsp3) is 0.471. The minimum Gasteiger partial charge on any atom is -0.368 e. The van der Waals surface area contributed by atoms with Gasteiger partial charge in [0.1, 0.15) is 5.82 Å². The van der Waals surface area contributed by atoms with Crippen molar-refractivity contribution in [1.82, 2.24) is 15.0 Å². The van der Waals surface area contributed by atoms with Gasteiger partial charge in [-0.15, -0.1) is 0 Å². The molecule has 5 heteroatoms. The van der Waals surface area contributed by atoms with E-state index >= 15 is 0 Å². The first-order valence-electron chi connectivity index (χ1n) is 7.78. The van der Waals surface area contributed by atoms with Crippen LogP contribution in [0, 0.1) is 20.8 Å². The number of aromatic nitrogens is 3. The molecule has 0 spiro atoms. The van der Waals surface area contributed by atoms with Gasteiger partial charge in [-0.3, -0.25) is 0 Å². The Hall–Kier alpha value is -2.17. The predicted octanol–water partition coefficient (Wildman–Crippen LogP) is 3.20. The molecule has 1 aromatic carbocycles. The zero-order valence-corrected chi connectivity index (χ0v) is 13.8. The van der Waals surface area contributed by atoms with Crippen LogP contribution in [-0.2, 0) is 6.42 Å². The van der Waals surface area contributed by atoms with Crippen LogP contribution in [-0.4, -0.2) is 21.0 Å². The molecule has 118 valence electrons. The summed E-state index contributed by atoms with van der Waals surface area (Å²) in [5.74, 6) is 1.47. The third kappa shape index (κ3) is 4.41. The monoisotopic (exact) mass is 299 g/mol. The molecule has 1 heterocycles. The zero-order chi connectivity index (χ0) is 16.1. The van der Waals surface area contributed by atoms with Crippen molar-refractivity contribution in [1.29, 1.82) is 0 Å². The quantitative estimate of drug-likeness (QED) is 0.856. The van der Waals surface area contributed by atoms with E-state index in [1.165, 1.54) is 16.7 Å². The Kier molecular flexibility index (Phi) is 5.31. The molecule has 0 aliphatic rings. The number of nitrogen functional groups attached to an aromatic ring is 1. The van der Waals surface area contributed by atoms with E-state index in [4.69, 9.17) is 5.73 Å². The van der Waals surface area contributed by atoms with Crippen molar-refractivity contribution in [2.75, 3.05) is 11.1 Å². The van der Waals surface area contributed by atoms with E-state index < -0.39 is 0 Å². The van der Waals surface area contributed by atoms with Crippen molar-refractivity contribution in [2.45, 2.75) is 53.0 Å². The lowest BCUT2D eigenvalue weighted by Crippen LogP contribution is -2.22. The molecule has 2 rings (SSSR count). The van der Waals surface area contributed by atoms with Crippen LogP contribution in [0.2, 0.25) is 0 Å². The van der Waals surface area contributed by atoms with E-state index in [2.05, 4.69) is 59.2 Å². The Morgan fingerprint density at radius 3 is 2.59 bits per heavy atom. The van der Waals surface area contributed by atoms with E-state index in [0.717, 1.165) is 19.3 Å². The van der Waals surface area contributed by atoms with Crippen LogP contribution in [0.3, 0.4) is 0 Å². The number of anilines is 2. The first-order chi connectivity index (χ1) is 10.5. The number of aryl methyl sites for hydroxylation is 4. The topological polar surface area (TPSA) is 76.7 Å². The van der Waals surface area contributed by atoms with Gasteiger partial charge in [0.2, 0.25) is 11.9 Å². The van der Waals surface area contributed by atoms with Crippen LogP contribution in [0.25, 0.3) is 0 Å². The molecule has 0 aliphatic carbocycles. The van der Waals surface area contributed by atoms with Gasteiger partial charge in [0.25, 0.3) is 0 Å². The maximum atomic E-state index is 5.68. The highest BCUT2D eigenvalue weighted by molar-refractivity contribution is 5.33. The second-order valence-electron chi connectivity index (χ2n) is 5.78. The largest absolute Gasteiger partial charge is 0.368 e. The molecule has 0 saturated carbocycles. The Morgan fingerprint density at radius 1 is 1.14 bits per heavy atom. The molecule has 0 radical (unpaired) electrons. The number of nitrogens with one attached hydrogen (secondary N) is 1. The normalized spacial score (nSPS) is 12.2. The van der Waals surface area contributed by atoms with Gasteiger partial charge in [0.15, 0.2) is 0 Å². The first-order valence-corrected chi connectivity index (χ1v) is 7.78. The lowest BCUT2D eigenvalue weighted by atomic mass is 9.98. The smallest absolute Gasteiger partial charge is 0.227 e. The third-order valence-corrected chi connectivity index (χ3v) is 3.86. The molecule has 2 aromatic rings. The summed E-state index contributed by atoms with van der Waals surface area (Å²) < 4.78 is 0. The molecule has 0 saturated heterocycles. The van der Waals surface area contributed by atoms with Gasteiger partial charge in [-0.05, 0) is 51.2 Å². The minimum atomic E-state index is 0.263. The average Bonchev–Trinajstić information content (AvgIpc) is 2.45. The Labute approximate surface area is 132 Å². The fourth-order valence-electron chi connectivity index (χ4n) is 2.53. The second kappa shape index (κ2) is 7.20. The Balaban J connectivity index is 2.01. The summed E-state index contributed by atoms with van der Waals surface area (Å²) in [5, 5.41) is 3.37. The molecule has 0 fully saturated rings. The second-order valence-corrected chi connectivity index (χ2v) is 5.78. The van der Waals surface area contributed by atoms with Gasteiger partial charge >= 0.3 is 0 Å². The Bertz CT molecular complexity index is 619. The summed E-state index contributed by atoms with van der Waals surface area (Å²) in [7, 11) is 0. The van der Waals surface area contributed by atoms with Crippen LogP contribution in [0.15, 0.2) is 18.2 Å². The van der Waals surface area contributed by atoms with Crippen molar-refractivity contribution >= 4 is 11.9 Å². The summed E-state index contributed by atoms with van der Waals surface area (Å²) in [5.41, 5.74) is 9.74. The highest BCUT2D eigenvalue weighted by Crippen LogP contribution is 2.16. The molecule has 1 unspecified atom stereocenters. The van der Waals surface area contributed by atoms with E-state index in [1.54, 1.807) is 0 Å². The van der Waals surface area contributed by atoms with Gasteiger partial charge in [0, 0.05) is 6.04 Å². The fourth-order valence-corrected chi connectivity index (χ4v) is 2.53.